The van der Waals surface area contributed by atoms with Gasteiger partial charge in [-0.25, -0.2) is 4.98 Å². The molecule has 21 heavy (non-hydrogen) atoms. The van der Waals surface area contributed by atoms with Gasteiger partial charge in [0.25, 0.3) is 0 Å². The summed E-state index contributed by atoms with van der Waals surface area (Å²) in [7, 11) is 1.69. The summed E-state index contributed by atoms with van der Waals surface area (Å²) in [5.41, 5.74) is 6.42. The first-order valence-corrected chi connectivity index (χ1v) is 6.44. The third kappa shape index (κ3) is 3.58. The van der Waals surface area contributed by atoms with Gasteiger partial charge in [0.15, 0.2) is 0 Å². The largest absolute Gasteiger partial charge is 0.417 e. The fourth-order valence-electron chi connectivity index (χ4n) is 1.88. The molecule has 0 aliphatic carbocycles. The van der Waals surface area contributed by atoms with Crippen molar-refractivity contribution in [3.05, 3.63) is 52.7 Å². The van der Waals surface area contributed by atoms with Gasteiger partial charge in [-0.1, -0.05) is 29.8 Å². The highest BCUT2D eigenvalue weighted by Crippen LogP contribution is 2.33. The van der Waals surface area contributed by atoms with Crippen LogP contribution in [0.15, 0.2) is 36.5 Å². The highest BCUT2D eigenvalue weighted by Gasteiger charge is 2.31. The third-order valence-electron chi connectivity index (χ3n) is 2.97. The molecule has 0 amide bonds. The SMILES string of the molecule is CN(Cc1ccccc1N)c1ncc(C(F)(F)F)cc1Cl. The van der Waals surface area contributed by atoms with Crippen LogP contribution in [0.1, 0.15) is 11.1 Å². The Hall–Kier alpha value is -1.95. The van der Waals surface area contributed by atoms with E-state index in [1.54, 1.807) is 18.0 Å². The van der Waals surface area contributed by atoms with Crippen LogP contribution < -0.4 is 10.6 Å². The summed E-state index contributed by atoms with van der Waals surface area (Å²) in [5.74, 6) is 0.271. The van der Waals surface area contributed by atoms with E-state index < -0.39 is 11.7 Å². The summed E-state index contributed by atoms with van der Waals surface area (Å²) < 4.78 is 37.7. The van der Waals surface area contributed by atoms with Crippen LogP contribution in [0.3, 0.4) is 0 Å². The molecule has 0 unspecified atom stereocenters. The van der Waals surface area contributed by atoms with Crippen LogP contribution in [-0.4, -0.2) is 12.0 Å². The molecule has 0 bridgehead atoms. The van der Waals surface area contributed by atoms with Crippen molar-refractivity contribution in [2.75, 3.05) is 17.7 Å². The standard InChI is InChI=1S/C14H13ClF3N3/c1-21(8-9-4-2-3-5-12(9)19)13-11(15)6-10(7-20-13)14(16,17)18/h2-7H,8,19H2,1H3. The highest BCUT2D eigenvalue weighted by molar-refractivity contribution is 6.33. The van der Waals surface area contributed by atoms with Crippen LogP contribution in [0, 0.1) is 0 Å². The molecule has 2 rings (SSSR count). The number of hydrogen-bond acceptors (Lipinski definition) is 3. The number of nitrogen functional groups attached to an aromatic ring is 1. The second kappa shape index (κ2) is 5.81. The zero-order valence-corrected chi connectivity index (χ0v) is 11.9. The molecule has 1 aromatic carbocycles. The van der Waals surface area contributed by atoms with E-state index in [0.717, 1.165) is 17.8 Å². The van der Waals surface area contributed by atoms with E-state index in [2.05, 4.69) is 4.98 Å². The van der Waals surface area contributed by atoms with Crippen LogP contribution >= 0.6 is 11.6 Å². The van der Waals surface area contributed by atoms with Gasteiger partial charge in [-0.15, -0.1) is 0 Å². The summed E-state index contributed by atoms with van der Waals surface area (Å²) in [6.45, 7) is 0.394. The molecule has 2 aromatic rings. The van der Waals surface area contributed by atoms with Crippen molar-refractivity contribution in [3.8, 4) is 0 Å². The summed E-state index contributed by atoms with van der Waals surface area (Å²) in [5, 5.41) is -0.0539. The molecule has 0 aliphatic rings. The number of nitrogens with two attached hydrogens (primary N) is 1. The van der Waals surface area contributed by atoms with E-state index in [1.165, 1.54) is 0 Å². The molecule has 0 atom stereocenters. The zero-order chi connectivity index (χ0) is 15.6. The van der Waals surface area contributed by atoms with Crippen molar-refractivity contribution in [2.45, 2.75) is 12.7 Å². The Labute approximate surface area is 125 Å². The maximum atomic E-state index is 12.6. The first kappa shape index (κ1) is 15.4. The lowest BCUT2D eigenvalue weighted by molar-refractivity contribution is -0.137. The number of alkyl halides is 3. The predicted molar refractivity (Wildman–Crippen MR) is 77.2 cm³/mol. The molecule has 2 N–H and O–H groups in total. The van der Waals surface area contributed by atoms with Crippen molar-refractivity contribution in [1.29, 1.82) is 0 Å². The molecule has 0 fully saturated rings. The maximum Gasteiger partial charge on any atom is 0.417 e. The lowest BCUT2D eigenvalue weighted by Crippen LogP contribution is -2.19. The predicted octanol–water partition coefficient (Wildman–Crippen LogP) is 3.97. The Kier molecular flexibility index (Phi) is 4.27. The molecule has 1 heterocycles. The number of halogens is 4. The second-order valence-electron chi connectivity index (χ2n) is 4.58. The first-order valence-electron chi connectivity index (χ1n) is 6.06. The van der Waals surface area contributed by atoms with Crippen molar-refractivity contribution >= 4 is 23.1 Å². The lowest BCUT2D eigenvalue weighted by Gasteiger charge is -2.21. The number of aromatic nitrogens is 1. The van der Waals surface area contributed by atoms with Gasteiger partial charge in [-0.2, -0.15) is 13.2 Å². The molecule has 1 aromatic heterocycles. The van der Waals surface area contributed by atoms with Gasteiger partial charge in [0.05, 0.1) is 10.6 Å². The summed E-state index contributed by atoms with van der Waals surface area (Å²) >= 11 is 5.90. The monoisotopic (exact) mass is 315 g/mol. The third-order valence-corrected chi connectivity index (χ3v) is 3.25. The quantitative estimate of drug-likeness (QED) is 0.871. The van der Waals surface area contributed by atoms with Gasteiger partial charge in [0, 0.05) is 25.5 Å². The first-order chi connectivity index (χ1) is 9.79. The van der Waals surface area contributed by atoms with Gasteiger partial charge in [0.2, 0.25) is 0 Å². The van der Waals surface area contributed by atoms with E-state index >= 15 is 0 Å². The van der Waals surface area contributed by atoms with Gasteiger partial charge in [-0.05, 0) is 17.7 Å². The second-order valence-corrected chi connectivity index (χ2v) is 4.99. The summed E-state index contributed by atoms with van der Waals surface area (Å²) in [6.07, 6.45) is -3.69. The van der Waals surface area contributed by atoms with Crippen molar-refractivity contribution < 1.29 is 13.2 Å². The highest BCUT2D eigenvalue weighted by atomic mass is 35.5. The number of para-hydroxylation sites is 1. The number of anilines is 2. The maximum absolute atomic E-state index is 12.6. The molecule has 0 saturated carbocycles. The number of benzene rings is 1. The van der Waals surface area contributed by atoms with Crippen molar-refractivity contribution in [3.63, 3.8) is 0 Å². The Bertz CT molecular complexity index is 644. The average molecular weight is 316 g/mol. The zero-order valence-electron chi connectivity index (χ0n) is 11.2. The van der Waals surface area contributed by atoms with Crippen molar-refractivity contribution in [1.82, 2.24) is 4.98 Å². The fourth-order valence-corrected chi connectivity index (χ4v) is 2.19. The van der Waals surface area contributed by atoms with E-state index in [1.807, 2.05) is 18.2 Å². The average Bonchev–Trinajstić information content (AvgIpc) is 2.40. The minimum absolute atomic E-state index is 0.0539. The van der Waals surface area contributed by atoms with Gasteiger partial charge in [-0.3, -0.25) is 0 Å². The Morgan fingerprint density at radius 2 is 1.95 bits per heavy atom. The normalized spacial score (nSPS) is 11.5. The van der Waals surface area contributed by atoms with Gasteiger partial charge in [0.1, 0.15) is 5.82 Å². The number of pyridine rings is 1. The van der Waals surface area contributed by atoms with E-state index in [0.29, 0.717) is 12.2 Å². The van der Waals surface area contributed by atoms with E-state index in [9.17, 15) is 13.2 Å². The Morgan fingerprint density at radius 3 is 2.52 bits per heavy atom. The molecule has 7 heteroatoms. The van der Waals surface area contributed by atoms with Crippen LogP contribution in [0.2, 0.25) is 5.02 Å². The fraction of sp³-hybridized carbons (Fsp3) is 0.214. The minimum atomic E-state index is -4.46. The van der Waals surface area contributed by atoms with Crippen LogP contribution in [0.25, 0.3) is 0 Å². The molecule has 0 spiro atoms. The van der Waals surface area contributed by atoms with Crippen LogP contribution in [0.4, 0.5) is 24.7 Å². The number of rotatable bonds is 3. The smallest absolute Gasteiger partial charge is 0.398 e. The molecule has 3 nitrogen and oxygen atoms in total. The number of hydrogen-bond donors (Lipinski definition) is 1. The molecular weight excluding hydrogens is 303 g/mol. The van der Waals surface area contributed by atoms with Gasteiger partial charge >= 0.3 is 6.18 Å². The molecule has 0 radical (unpaired) electrons. The van der Waals surface area contributed by atoms with E-state index in [4.69, 9.17) is 17.3 Å². The van der Waals surface area contributed by atoms with E-state index in [-0.39, 0.29) is 10.8 Å². The summed E-state index contributed by atoms with van der Waals surface area (Å²) in [4.78, 5) is 5.45. The molecule has 0 saturated heterocycles. The van der Waals surface area contributed by atoms with Gasteiger partial charge < -0.3 is 10.6 Å². The topological polar surface area (TPSA) is 42.1 Å². The molecule has 112 valence electrons. The lowest BCUT2D eigenvalue weighted by atomic mass is 10.1. The summed E-state index contributed by atoms with van der Waals surface area (Å²) in [6, 6.07) is 8.10. The van der Waals surface area contributed by atoms with Crippen molar-refractivity contribution in [2.24, 2.45) is 0 Å². The Balaban J connectivity index is 2.24. The number of nitrogens with zero attached hydrogens (tertiary/aromatic N) is 2. The minimum Gasteiger partial charge on any atom is -0.398 e. The molecule has 0 aliphatic heterocycles. The molecular formula is C14H13ClF3N3. The Morgan fingerprint density at radius 1 is 1.29 bits per heavy atom. The van der Waals surface area contributed by atoms with Crippen LogP contribution in [0.5, 0.6) is 0 Å². The van der Waals surface area contributed by atoms with Crippen LogP contribution in [-0.2, 0) is 12.7 Å².